The first kappa shape index (κ1) is 20.6. The molecular weight excluding hydrogens is 364 g/mol. The Morgan fingerprint density at radius 3 is 2.45 bits per heavy atom. The van der Waals surface area contributed by atoms with E-state index in [-0.39, 0.29) is 18.6 Å². The molecule has 1 heterocycles. The molecule has 1 aromatic heterocycles. The molecule has 0 N–H and O–H groups in total. The first-order valence-electron chi connectivity index (χ1n) is 9.80. The van der Waals surface area contributed by atoms with E-state index in [2.05, 4.69) is 36.9 Å². The Balaban J connectivity index is 1.60. The summed E-state index contributed by atoms with van der Waals surface area (Å²) in [5, 5.41) is 4.12. The van der Waals surface area contributed by atoms with Crippen LogP contribution in [-0.2, 0) is 4.79 Å². The van der Waals surface area contributed by atoms with Crippen LogP contribution in [-0.4, -0.2) is 39.2 Å². The van der Waals surface area contributed by atoms with Crippen LogP contribution in [0, 0.1) is 6.92 Å². The van der Waals surface area contributed by atoms with E-state index >= 15 is 0 Å². The van der Waals surface area contributed by atoms with Crippen LogP contribution in [0.5, 0.6) is 5.75 Å². The third-order valence-corrected chi connectivity index (χ3v) is 5.26. The number of ether oxygens (including phenoxy) is 1. The molecular formula is C23H28N4O2. The van der Waals surface area contributed by atoms with Gasteiger partial charge in [0, 0.05) is 7.05 Å². The second-order valence-electron chi connectivity index (χ2n) is 7.57. The number of nitrogens with zero attached hydrogens (tertiary/aromatic N) is 4. The van der Waals surface area contributed by atoms with Crippen LogP contribution in [0.4, 0.5) is 0 Å². The van der Waals surface area contributed by atoms with Crippen LogP contribution in [0.25, 0.3) is 5.69 Å². The molecule has 2 aromatic carbocycles. The molecule has 152 valence electrons. The number of hydrogen-bond donors (Lipinski definition) is 0. The Bertz CT molecular complexity index is 950. The molecule has 3 aromatic rings. The van der Waals surface area contributed by atoms with Gasteiger partial charge in [-0.15, -0.1) is 0 Å². The van der Waals surface area contributed by atoms with Crippen molar-refractivity contribution in [1.82, 2.24) is 19.7 Å². The number of aryl methyl sites for hydroxylation is 1. The van der Waals surface area contributed by atoms with Crippen molar-refractivity contribution in [3.05, 3.63) is 71.8 Å². The van der Waals surface area contributed by atoms with E-state index in [1.54, 1.807) is 23.0 Å². The van der Waals surface area contributed by atoms with Gasteiger partial charge >= 0.3 is 0 Å². The predicted molar refractivity (Wildman–Crippen MR) is 113 cm³/mol. The molecule has 0 aliphatic rings. The second-order valence-corrected chi connectivity index (χ2v) is 7.57. The standard InChI is InChI=1S/C23H28N4O2/c1-16(2)22-11-10-21(12-17(22)3)29-13-23(28)26(5)18(4)19-6-8-20(9-7-19)27-15-24-14-25-27/h6-12,14-16,18H,13H2,1-5H3/t18-/m0/s1. The summed E-state index contributed by atoms with van der Waals surface area (Å²) in [5.41, 5.74) is 4.45. The van der Waals surface area contributed by atoms with E-state index in [0.717, 1.165) is 17.0 Å². The third kappa shape index (κ3) is 4.83. The van der Waals surface area contributed by atoms with Crippen molar-refractivity contribution in [1.29, 1.82) is 0 Å². The van der Waals surface area contributed by atoms with E-state index in [1.165, 1.54) is 17.5 Å². The summed E-state index contributed by atoms with van der Waals surface area (Å²) in [4.78, 5) is 18.3. The van der Waals surface area contributed by atoms with Gasteiger partial charge in [-0.3, -0.25) is 4.79 Å². The summed E-state index contributed by atoms with van der Waals surface area (Å²) in [6, 6.07) is 13.9. The highest BCUT2D eigenvalue weighted by molar-refractivity contribution is 5.78. The molecule has 1 amide bonds. The maximum absolute atomic E-state index is 12.6. The lowest BCUT2D eigenvalue weighted by atomic mass is 9.98. The Morgan fingerprint density at radius 1 is 1.14 bits per heavy atom. The van der Waals surface area contributed by atoms with Crippen molar-refractivity contribution in [3.8, 4) is 11.4 Å². The van der Waals surface area contributed by atoms with Gasteiger partial charge in [0.2, 0.25) is 0 Å². The number of benzene rings is 2. The molecule has 29 heavy (non-hydrogen) atoms. The maximum Gasteiger partial charge on any atom is 0.260 e. The van der Waals surface area contributed by atoms with E-state index < -0.39 is 0 Å². The zero-order chi connectivity index (χ0) is 21.0. The topological polar surface area (TPSA) is 60.2 Å². The fourth-order valence-electron chi connectivity index (χ4n) is 3.32. The number of amides is 1. The Hall–Kier alpha value is -3.15. The van der Waals surface area contributed by atoms with Gasteiger partial charge in [-0.25, -0.2) is 9.67 Å². The number of hydrogen-bond acceptors (Lipinski definition) is 4. The zero-order valence-corrected chi connectivity index (χ0v) is 17.7. The minimum absolute atomic E-state index is 0.0122. The van der Waals surface area contributed by atoms with Gasteiger partial charge in [0.1, 0.15) is 18.4 Å². The van der Waals surface area contributed by atoms with Crippen molar-refractivity contribution in [2.24, 2.45) is 0 Å². The first-order valence-corrected chi connectivity index (χ1v) is 9.80. The van der Waals surface area contributed by atoms with Crippen molar-refractivity contribution in [3.63, 3.8) is 0 Å². The van der Waals surface area contributed by atoms with E-state index in [9.17, 15) is 4.79 Å². The second kappa shape index (κ2) is 8.90. The largest absolute Gasteiger partial charge is 0.484 e. The summed E-state index contributed by atoms with van der Waals surface area (Å²) < 4.78 is 7.45. The van der Waals surface area contributed by atoms with Gasteiger partial charge in [0.25, 0.3) is 5.91 Å². The molecule has 0 radical (unpaired) electrons. The predicted octanol–water partition coefficient (Wildman–Crippen LogP) is 4.30. The third-order valence-electron chi connectivity index (χ3n) is 5.26. The van der Waals surface area contributed by atoms with Crippen LogP contribution in [0.3, 0.4) is 0 Å². The SMILES string of the molecule is Cc1cc(OCC(=O)N(C)[C@@H](C)c2ccc(-n3cncn3)cc2)ccc1C(C)C. The number of carbonyl (C=O) groups excluding carboxylic acids is 1. The van der Waals surface area contributed by atoms with Gasteiger partial charge in [-0.05, 0) is 60.7 Å². The van der Waals surface area contributed by atoms with Crippen LogP contribution in [0.2, 0.25) is 0 Å². The average Bonchev–Trinajstić information content (AvgIpc) is 3.25. The zero-order valence-electron chi connectivity index (χ0n) is 17.7. The smallest absolute Gasteiger partial charge is 0.260 e. The Kier molecular flexibility index (Phi) is 6.32. The number of carbonyl (C=O) groups is 1. The summed E-state index contributed by atoms with van der Waals surface area (Å²) in [6.45, 7) is 8.42. The Labute approximate surface area is 172 Å². The lowest BCUT2D eigenvalue weighted by Crippen LogP contribution is -2.33. The van der Waals surface area contributed by atoms with Gasteiger partial charge < -0.3 is 9.64 Å². The molecule has 1 atom stereocenters. The lowest BCUT2D eigenvalue weighted by Gasteiger charge is -2.25. The van der Waals surface area contributed by atoms with Crippen LogP contribution < -0.4 is 4.74 Å². The molecule has 6 heteroatoms. The van der Waals surface area contributed by atoms with Crippen molar-refractivity contribution >= 4 is 5.91 Å². The summed E-state index contributed by atoms with van der Waals surface area (Å²) >= 11 is 0. The normalized spacial score (nSPS) is 12.1. The molecule has 0 saturated carbocycles. The molecule has 0 aliphatic carbocycles. The van der Waals surface area contributed by atoms with Gasteiger partial charge in [0.15, 0.2) is 6.61 Å². The molecule has 0 aliphatic heterocycles. The highest BCUT2D eigenvalue weighted by Crippen LogP contribution is 2.24. The molecule has 0 fully saturated rings. The molecule has 0 bridgehead atoms. The van der Waals surface area contributed by atoms with Crippen LogP contribution in [0.15, 0.2) is 55.1 Å². The minimum Gasteiger partial charge on any atom is -0.484 e. The van der Waals surface area contributed by atoms with Crippen molar-refractivity contribution < 1.29 is 9.53 Å². The maximum atomic E-state index is 12.6. The highest BCUT2D eigenvalue weighted by Gasteiger charge is 2.18. The fourth-order valence-corrected chi connectivity index (χ4v) is 3.32. The molecule has 0 unspecified atom stereocenters. The van der Waals surface area contributed by atoms with Crippen molar-refractivity contribution in [2.45, 2.75) is 39.7 Å². The van der Waals surface area contributed by atoms with E-state index in [1.807, 2.05) is 43.3 Å². The Morgan fingerprint density at radius 2 is 1.86 bits per heavy atom. The first-order chi connectivity index (χ1) is 13.9. The number of likely N-dealkylation sites (N-methyl/N-ethyl adjacent to an activating group) is 1. The van der Waals surface area contributed by atoms with E-state index in [4.69, 9.17) is 4.74 Å². The van der Waals surface area contributed by atoms with Gasteiger partial charge in [-0.2, -0.15) is 5.10 Å². The summed E-state index contributed by atoms with van der Waals surface area (Å²) in [5.74, 6) is 1.12. The molecule has 3 rings (SSSR count). The highest BCUT2D eigenvalue weighted by atomic mass is 16.5. The van der Waals surface area contributed by atoms with E-state index in [0.29, 0.717) is 5.92 Å². The molecule has 0 saturated heterocycles. The molecule has 0 spiro atoms. The van der Waals surface area contributed by atoms with Gasteiger partial charge in [-0.1, -0.05) is 32.0 Å². The fraction of sp³-hybridized carbons (Fsp3) is 0.348. The average molecular weight is 393 g/mol. The minimum atomic E-state index is -0.0686. The monoisotopic (exact) mass is 392 g/mol. The van der Waals surface area contributed by atoms with Gasteiger partial charge in [0.05, 0.1) is 11.7 Å². The number of rotatable bonds is 7. The van der Waals surface area contributed by atoms with Crippen LogP contribution in [0.1, 0.15) is 49.4 Å². The van der Waals surface area contributed by atoms with Crippen molar-refractivity contribution in [2.75, 3.05) is 13.7 Å². The van der Waals surface area contributed by atoms with Crippen LogP contribution >= 0.6 is 0 Å². The summed E-state index contributed by atoms with van der Waals surface area (Å²) in [6.07, 6.45) is 3.15. The summed E-state index contributed by atoms with van der Waals surface area (Å²) in [7, 11) is 1.80. The lowest BCUT2D eigenvalue weighted by molar-refractivity contribution is -0.134. The molecule has 6 nitrogen and oxygen atoms in total. The quantitative estimate of drug-likeness (QED) is 0.602. The number of aromatic nitrogens is 3.